The summed E-state index contributed by atoms with van der Waals surface area (Å²) >= 11 is 3.14. The molecule has 0 spiro atoms. The normalized spacial score (nSPS) is 10.3. The highest BCUT2D eigenvalue weighted by Gasteiger charge is 2.10. The minimum Gasteiger partial charge on any atom is -0.433 e. The molecule has 1 heterocycles. The Morgan fingerprint density at radius 1 is 1.57 bits per heavy atom. The van der Waals surface area contributed by atoms with Crippen molar-refractivity contribution < 1.29 is 13.5 Å². The summed E-state index contributed by atoms with van der Waals surface area (Å²) in [4.78, 5) is 4.04. The van der Waals surface area contributed by atoms with Gasteiger partial charge >= 0.3 is 6.61 Å². The van der Waals surface area contributed by atoms with Gasteiger partial charge in [-0.2, -0.15) is 8.78 Å². The highest BCUT2D eigenvalue weighted by Crippen LogP contribution is 2.21. The van der Waals surface area contributed by atoms with Crippen LogP contribution in [-0.2, 0) is 5.33 Å². The van der Waals surface area contributed by atoms with Gasteiger partial charge in [0, 0.05) is 5.33 Å². The first-order valence-corrected chi connectivity index (χ1v) is 4.92. The summed E-state index contributed by atoms with van der Waals surface area (Å²) in [6, 6.07) is 3.02. The minimum atomic E-state index is -2.83. The molecule has 0 fully saturated rings. The monoisotopic (exact) mass is 263 g/mol. The lowest BCUT2D eigenvalue weighted by Crippen LogP contribution is -2.05. The largest absolute Gasteiger partial charge is 0.433 e. The van der Waals surface area contributed by atoms with E-state index in [2.05, 4.69) is 32.2 Å². The van der Waals surface area contributed by atoms with E-state index in [0.717, 1.165) is 0 Å². The molecule has 2 nitrogen and oxygen atoms in total. The van der Waals surface area contributed by atoms with Crippen LogP contribution in [0.2, 0.25) is 0 Å². The minimum absolute atomic E-state index is 0.0856. The highest BCUT2D eigenvalue weighted by molar-refractivity contribution is 9.08. The third kappa shape index (κ3) is 2.77. The zero-order valence-electron chi connectivity index (χ0n) is 7.21. The summed E-state index contributed by atoms with van der Waals surface area (Å²) < 4.78 is 28.1. The highest BCUT2D eigenvalue weighted by atomic mass is 79.9. The summed E-state index contributed by atoms with van der Waals surface area (Å²) in [5, 5.41) is 0.358. The Hall–Kier alpha value is -0.970. The average Bonchev–Trinajstić information content (AvgIpc) is 2.17. The molecule has 0 aliphatic rings. The second-order valence-electron chi connectivity index (χ2n) is 2.40. The summed E-state index contributed by atoms with van der Waals surface area (Å²) in [7, 11) is 0. The first-order valence-electron chi connectivity index (χ1n) is 3.80. The van der Waals surface area contributed by atoms with E-state index in [-0.39, 0.29) is 5.75 Å². The van der Waals surface area contributed by atoms with Gasteiger partial charge in [-0.3, -0.25) is 0 Å². The maximum absolute atomic E-state index is 11.9. The van der Waals surface area contributed by atoms with E-state index < -0.39 is 6.61 Å². The van der Waals surface area contributed by atoms with Crippen molar-refractivity contribution in [1.82, 2.24) is 4.98 Å². The number of ether oxygens (including phenoxy) is 1. The van der Waals surface area contributed by atoms with Crippen LogP contribution in [0.1, 0.15) is 11.4 Å². The molecule has 0 unspecified atom stereocenters. The number of nitrogens with zero attached hydrogens (tertiary/aromatic N) is 1. The van der Waals surface area contributed by atoms with Crippen LogP contribution in [0.15, 0.2) is 18.7 Å². The van der Waals surface area contributed by atoms with E-state index in [4.69, 9.17) is 0 Å². The van der Waals surface area contributed by atoms with Gasteiger partial charge in [-0.15, -0.1) is 0 Å². The molecular formula is C9H8BrF2NO. The van der Waals surface area contributed by atoms with Crippen LogP contribution < -0.4 is 4.74 Å². The molecule has 76 valence electrons. The molecule has 0 amide bonds. The van der Waals surface area contributed by atoms with Gasteiger partial charge in [-0.1, -0.05) is 22.5 Å². The van der Waals surface area contributed by atoms with Gasteiger partial charge in [0.15, 0.2) is 0 Å². The fourth-order valence-corrected chi connectivity index (χ4v) is 1.32. The lowest BCUT2D eigenvalue weighted by atomic mass is 10.3. The molecule has 0 saturated carbocycles. The fourth-order valence-electron chi connectivity index (χ4n) is 0.918. The Morgan fingerprint density at radius 3 is 2.79 bits per heavy atom. The molecule has 1 rings (SSSR count). The third-order valence-corrected chi connectivity index (χ3v) is 2.04. The summed E-state index contributed by atoms with van der Waals surface area (Å²) in [6.45, 7) is 0.701. The van der Waals surface area contributed by atoms with E-state index in [1.54, 1.807) is 6.07 Å². The summed E-state index contributed by atoms with van der Waals surface area (Å²) in [6.07, 6.45) is 1.54. The first-order chi connectivity index (χ1) is 6.67. The Balaban J connectivity index is 2.98. The van der Waals surface area contributed by atoms with Crippen LogP contribution in [-0.4, -0.2) is 11.6 Å². The van der Waals surface area contributed by atoms with Crippen LogP contribution in [0.25, 0.3) is 6.08 Å². The van der Waals surface area contributed by atoms with E-state index in [1.807, 2.05) is 0 Å². The van der Waals surface area contributed by atoms with Crippen molar-refractivity contribution in [3.8, 4) is 5.75 Å². The predicted molar refractivity (Wildman–Crippen MR) is 53.6 cm³/mol. The smallest absolute Gasteiger partial charge is 0.387 e. The standard InChI is InChI=1S/C9H8BrF2NO/c1-2-6-3-4-8(14-9(11)12)7(5-10)13-6/h2-4,9H,1,5H2. The Kier molecular flexibility index (Phi) is 4.00. The molecule has 0 bridgehead atoms. The number of halogens is 3. The van der Waals surface area contributed by atoms with Crippen LogP contribution in [0.4, 0.5) is 8.78 Å². The first kappa shape index (κ1) is 11.1. The molecule has 0 N–H and O–H groups in total. The van der Waals surface area contributed by atoms with Crippen molar-refractivity contribution in [2.75, 3.05) is 0 Å². The zero-order chi connectivity index (χ0) is 10.6. The number of aromatic nitrogens is 1. The average molecular weight is 264 g/mol. The van der Waals surface area contributed by atoms with E-state index in [1.165, 1.54) is 12.1 Å². The predicted octanol–water partition coefficient (Wildman–Crippen LogP) is 3.22. The van der Waals surface area contributed by atoms with Crippen molar-refractivity contribution in [3.63, 3.8) is 0 Å². The van der Waals surface area contributed by atoms with E-state index >= 15 is 0 Å². The summed E-state index contributed by atoms with van der Waals surface area (Å²) in [5.74, 6) is 0.0856. The van der Waals surface area contributed by atoms with E-state index in [9.17, 15) is 8.78 Å². The number of pyridine rings is 1. The van der Waals surface area contributed by atoms with Gasteiger partial charge in [0.25, 0.3) is 0 Å². The number of alkyl halides is 3. The Morgan fingerprint density at radius 2 is 2.29 bits per heavy atom. The van der Waals surface area contributed by atoms with Crippen molar-refractivity contribution in [3.05, 3.63) is 30.1 Å². The second-order valence-corrected chi connectivity index (χ2v) is 2.96. The molecule has 0 aliphatic heterocycles. The van der Waals surface area contributed by atoms with Crippen LogP contribution in [0.3, 0.4) is 0 Å². The quantitative estimate of drug-likeness (QED) is 0.779. The number of hydrogen-bond donors (Lipinski definition) is 0. The SMILES string of the molecule is C=Cc1ccc(OC(F)F)c(CBr)n1. The Labute approximate surface area is 88.7 Å². The molecule has 0 saturated heterocycles. The molecular weight excluding hydrogens is 256 g/mol. The molecule has 1 aromatic heterocycles. The van der Waals surface area contributed by atoms with Gasteiger partial charge in [0.05, 0.1) is 11.4 Å². The topological polar surface area (TPSA) is 22.1 Å². The van der Waals surface area contributed by atoms with Crippen LogP contribution >= 0.6 is 15.9 Å². The van der Waals surface area contributed by atoms with Gasteiger partial charge in [0.1, 0.15) is 5.75 Å². The van der Waals surface area contributed by atoms with Gasteiger partial charge in [-0.05, 0) is 18.2 Å². The Bertz CT molecular complexity index is 331. The lowest BCUT2D eigenvalue weighted by Gasteiger charge is -2.08. The van der Waals surface area contributed by atoms with Gasteiger partial charge < -0.3 is 4.74 Å². The van der Waals surface area contributed by atoms with Gasteiger partial charge in [0.2, 0.25) is 0 Å². The van der Waals surface area contributed by atoms with Crippen LogP contribution in [0, 0.1) is 0 Å². The van der Waals surface area contributed by atoms with Gasteiger partial charge in [-0.25, -0.2) is 4.98 Å². The molecule has 14 heavy (non-hydrogen) atoms. The zero-order valence-corrected chi connectivity index (χ0v) is 8.80. The second kappa shape index (κ2) is 5.05. The molecule has 5 heteroatoms. The fraction of sp³-hybridized carbons (Fsp3) is 0.222. The molecule has 0 aliphatic carbocycles. The van der Waals surface area contributed by atoms with Crippen LogP contribution in [0.5, 0.6) is 5.75 Å². The number of rotatable bonds is 4. The van der Waals surface area contributed by atoms with Crippen molar-refractivity contribution in [1.29, 1.82) is 0 Å². The van der Waals surface area contributed by atoms with Crippen molar-refractivity contribution >= 4 is 22.0 Å². The summed E-state index contributed by atoms with van der Waals surface area (Å²) in [5.41, 5.74) is 1.06. The molecule has 1 aromatic rings. The maximum atomic E-state index is 11.9. The lowest BCUT2D eigenvalue weighted by molar-refractivity contribution is -0.0505. The molecule has 0 atom stereocenters. The molecule has 0 aromatic carbocycles. The van der Waals surface area contributed by atoms with Crippen molar-refractivity contribution in [2.24, 2.45) is 0 Å². The maximum Gasteiger partial charge on any atom is 0.387 e. The van der Waals surface area contributed by atoms with E-state index in [0.29, 0.717) is 16.7 Å². The third-order valence-electron chi connectivity index (χ3n) is 1.51. The number of hydrogen-bond acceptors (Lipinski definition) is 2. The van der Waals surface area contributed by atoms with Crippen molar-refractivity contribution in [2.45, 2.75) is 11.9 Å². The molecule has 0 radical (unpaired) electrons.